The van der Waals surface area contributed by atoms with Gasteiger partial charge >= 0.3 is 6.18 Å². The minimum Gasteiger partial charge on any atom is -0.397 e. The van der Waals surface area contributed by atoms with Crippen LogP contribution in [-0.4, -0.2) is 12.1 Å². The Bertz CT molecular complexity index is 452. The second-order valence-corrected chi connectivity index (χ2v) is 5.34. The second-order valence-electron chi connectivity index (χ2n) is 5.34. The van der Waals surface area contributed by atoms with E-state index < -0.39 is 11.7 Å². The summed E-state index contributed by atoms with van der Waals surface area (Å²) in [6.07, 6.45) is -2.28. The molecule has 2 rings (SSSR count). The molecular weight excluding hydrogens is 241 g/mol. The Morgan fingerprint density at radius 3 is 2.39 bits per heavy atom. The zero-order chi connectivity index (χ0) is 13.6. The molecule has 0 bridgehead atoms. The fourth-order valence-corrected chi connectivity index (χ4v) is 2.53. The van der Waals surface area contributed by atoms with Gasteiger partial charge in [0.1, 0.15) is 0 Å². The zero-order valence-corrected chi connectivity index (χ0v) is 10.5. The Balaban J connectivity index is 2.37. The van der Waals surface area contributed by atoms with Crippen LogP contribution in [0.15, 0.2) is 18.2 Å². The summed E-state index contributed by atoms with van der Waals surface area (Å²) in [4.78, 5) is 2.09. The first-order valence-electron chi connectivity index (χ1n) is 5.96. The van der Waals surface area contributed by atoms with Crippen LogP contribution in [-0.2, 0) is 6.18 Å². The van der Waals surface area contributed by atoms with E-state index in [4.69, 9.17) is 5.73 Å². The van der Waals surface area contributed by atoms with E-state index in [2.05, 4.69) is 18.7 Å². The van der Waals surface area contributed by atoms with Crippen molar-refractivity contribution in [3.63, 3.8) is 0 Å². The van der Waals surface area contributed by atoms with E-state index in [1.54, 1.807) is 0 Å². The molecule has 0 unspecified atom stereocenters. The van der Waals surface area contributed by atoms with E-state index >= 15 is 0 Å². The van der Waals surface area contributed by atoms with Crippen molar-refractivity contribution >= 4 is 11.4 Å². The van der Waals surface area contributed by atoms with Gasteiger partial charge in [-0.05, 0) is 44.9 Å². The number of hydrogen-bond donors (Lipinski definition) is 1. The molecule has 1 saturated heterocycles. The summed E-state index contributed by atoms with van der Waals surface area (Å²) >= 11 is 0. The minimum atomic E-state index is -4.34. The first-order chi connectivity index (χ1) is 8.22. The van der Waals surface area contributed by atoms with Crippen LogP contribution in [0.4, 0.5) is 24.5 Å². The van der Waals surface area contributed by atoms with Gasteiger partial charge in [-0.1, -0.05) is 0 Å². The number of alkyl halides is 3. The van der Waals surface area contributed by atoms with Crippen molar-refractivity contribution in [2.45, 2.75) is 38.4 Å². The van der Waals surface area contributed by atoms with Gasteiger partial charge in [-0.3, -0.25) is 0 Å². The third-order valence-electron chi connectivity index (χ3n) is 3.55. The SMILES string of the molecule is CC1(C)CCCN1c1ccc(C(F)(F)F)cc1N. The molecule has 0 atom stereocenters. The molecule has 0 aliphatic carbocycles. The molecule has 100 valence electrons. The quantitative estimate of drug-likeness (QED) is 0.779. The highest BCUT2D eigenvalue weighted by Gasteiger charge is 2.35. The zero-order valence-electron chi connectivity index (χ0n) is 10.5. The van der Waals surface area contributed by atoms with E-state index in [1.165, 1.54) is 6.07 Å². The van der Waals surface area contributed by atoms with E-state index in [-0.39, 0.29) is 11.2 Å². The van der Waals surface area contributed by atoms with Crippen molar-refractivity contribution < 1.29 is 13.2 Å². The van der Waals surface area contributed by atoms with E-state index in [1.807, 2.05) is 0 Å². The molecule has 2 N–H and O–H groups in total. The van der Waals surface area contributed by atoms with Crippen LogP contribution in [0.1, 0.15) is 32.3 Å². The molecule has 1 aromatic carbocycles. The van der Waals surface area contributed by atoms with Crippen LogP contribution in [0.5, 0.6) is 0 Å². The highest BCUT2D eigenvalue weighted by Crippen LogP contribution is 2.39. The van der Waals surface area contributed by atoms with Crippen molar-refractivity contribution in [3.05, 3.63) is 23.8 Å². The first-order valence-corrected chi connectivity index (χ1v) is 5.96. The molecule has 18 heavy (non-hydrogen) atoms. The number of nitrogen functional groups attached to an aromatic ring is 1. The number of benzene rings is 1. The first kappa shape index (κ1) is 13.1. The van der Waals surface area contributed by atoms with Crippen molar-refractivity contribution in [1.82, 2.24) is 0 Å². The van der Waals surface area contributed by atoms with Gasteiger partial charge in [-0.2, -0.15) is 13.2 Å². The highest BCUT2D eigenvalue weighted by atomic mass is 19.4. The van der Waals surface area contributed by atoms with Gasteiger partial charge in [0.2, 0.25) is 0 Å². The average Bonchev–Trinajstić information content (AvgIpc) is 2.56. The number of hydrogen-bond acceptors (Lipinski definition) is 2. The number of rotatable bonds is 1. The number of nitrogens with two attached hydrogens (primary N) is 1. The maximum absolute atomic E-state index is 12.6. The van der Waals surface area contributed by atoms with Gasteiger partial charge in [0.15, 0.2) is 0 Å². The largest absolute Gasteiger partial charge is 0.416 e. The van der Waals surface area contributed by atoms with Gasteiger partial charge in [0, 0.05) is 12.1 Å². The molecular formula is C13H17F3N2. The van der Waals surface area contributed by atoms with Crippen LogP contribution in [0.25, 0.3) is 0 Å². The van der Waals surface area contributed by atoms with Crippen LogP contribution in [0.3, 0.4) is 0 Å². The lowest BCUT2D eigenvalue weighted by Crippen LogP contribution is -2.38. The van der Waals surface area contributed by atoms with E-state index in [9.17, 15) is 13.2 Å². The predicted molar refractivity (Wildman–Crippen MR) is 66.5 cm³/mol. The Labute approximate surface area is 105 Å². The second kappa shape index (κ2) is 4.07. The monoisotopic (exact) mass is 258 g/mol. The summed E-state index contributed by atoms with van der Waals surface area (Å²) in [6.45, 7) is 5.00. The highest BCUT2D eigenvalue weighted by molar-refractivity contribution is 5.70. The maximum atomic E-state index is 12.6. The summed E-state index contributed by atoms with van der Waals surface area (Å²) in [5.41, 5.74) is 5.93. The summed E-state index contributed by atoms with van der Waals surface area (Å²) in [7, 11) is 0. The van der Waals surface area contributed by atoms with Gasteiger partial charge in [0.25, 0.3) is 0 Å². The van der Waals surface area contributed by atoms with Crippen molar-refractivity contribution in [2.24, 2.45) is 0 Å². The van der Waals surface area contributed by atoms with Crippen LogP contribution < -0.4 is 10.6 Å². The topological polar surface area (TPSA) is 29.3 Å². The molecule has 1 aliphatic heterocycles. The van der Waals surface area contributed by atoms with Crippen molar-refractivity contribution in [2.75, 3.05) is 17.2 Å². The Morgan fingerprint density at radius 2 is 1.94 bits per heavy atom. The lowest BCUT2D eigenvalue weighted by atomic mass is 10.0. The third-order valence-corrected chi connectivity index (χ3v) is 3.55. The van der Waals surface area contributed by atoms with Crippen LogP contribution in [0.2, 0.25) is 0 Å². The lowest BCUT2D eigenvalue weighted by molar-refractivity contribution is -0.137. The molecule has 1 fully saturated rings. The molecule has 1 heterocycles. The van der Waals surface area contributed by atoms with Crippen molar-refractivity contribution in [3.8, 4) is 0 Å². The molecule has 0 saturated carbocycles. The Morgan fingerprint density at radius 1 is 1.28 bits per heavy atom. The summed E-state index contributed by atoms with van der Waals surface area (Å²) in [5, 5.41) is 0. The number of halogens is 3. The normalized spacial score (nSPS) is 19.3. The Hall–Kier alpha value is -1.39. The molecule has 0 radical (unpaired) electrons. The van der Waals surface area contributed by atoms with E-state index in [0.717, 1.165) is 31.5 Å². The Kier molecular flexibility index (Phi) is 2.95. The summed E-state index contributed by atoms with van der Waals surface area (Å²) in [5.74, 6) is 0. The average molecular weight is 258 g/mol. The maximum Gasteiger partial charge on any atom is 0.416 e. The summed E-state index contributed by atoms with van der Waals surface area (Å²) < 4.78 is 37.7. The summed E-state index contributed by atoms with van der Waals surface area (Å²) in [6, 6.07) is 3.59. The molecule has 0 amide bonds. The molecule has 2 nitrogen and oxygen atoms in total. The van der Waals surface area contributed by atoms with Gasteiger partial charge in [-0.15, -0.1) is 0 Å². The standard InChI is InChI=1S/C13H17F3N2/c1-12(2)6-3-7-18(12)11-5-4-9(8-10(11)17)13(14,15)16/h4-5,8H,3,6-7,17H2,1-2H3. The molecule has 5 heteroatoms. The number of anilines is 2. The molecule has 0 spiro atoms. The van der Waals surface area contributed by atoms with E-state index in [0.29, 0.717) is 5.69 Å². The fourth-order valence-electron chi connectivity index (χ4n) is 2.53. The van der Waals surface area contributed by atoms with Gasteiger partial charge in [-0.25, -0.2) is 0 Å². The van der Waals surface area contributed by atoms with Crippen molar-refractivity contribution in [1.29, 1.82) is 0 Å². The molecule has 1 aromatic rings. The predicted octanol–water partition coefficient (Wildman–Crippen LogP) is 3.67. The molecule has 0 aromatic heterocycles. The third kappa shape index (κ3) is 2.26. The fraction of sp³-hybridized carbons (Fsp3) is 0.538. The van der Waals surface area contributed by atoms with Gasteiger partial charge < -0.3 is 10.6 Å². The van der Waals surface area contributed by atoms with Crippen LogP contribution in [0, 0.1) is 0 Å². The smallest absolute Gasteiger partial charge is 0.397 e. The van der Waals surface area contributed by atoms with Gasteiger partial charge in [0.05, 0.1) is 16.9 Å². The molecule has 1 aliphatic rings. The minimum absolute atomic E-state index is 0.0477. The lowest BCUT2D eigenvalue weighted by Gasteiger charge is -2.34. The number of nitrogens with zero attached hydrogens (tertiary/aromatic N) is 1. The van der Waals surface area contributed by atoms with Crippen LogP contribution >= 0.6 is 0 Å².